The Morgan fingerprint density at radius 3 is 2.78 bits per heavy atom. The quantitative estimate of drug-likeness (QED) is 0.717. The molecule has 2 atom stereocenters. The summed E-state index contributed by atoms with van der Waals surface area (Å²) in [7, 11) is 0. The van der Waals surface area contributed by atoms with Crippen molar-refractivity contribution in [3.05, 3.63) is 47.0 Å². The number of halogens is 1. The van der Waals surface area contributed by atoms with Crippen LogP contribution in [0.4, 0.5) is 0 Å². The number of para-hydroxylation sites is 1. The van der Waals surface area contributed by atoms with Gasteiger partial charge in [0, 0.05) is 24.5 Å². The summed E-state index contributed by atoms with van der Waals surface area (Å²) in [5.74, 6) is 0.733. The third kappa shape index (κ3) is 3.61. The first kappa shape index (κ1) is 19.9. The summed E-state index contributed by atoms with van der Waals surface area (Å²) in [5, 5.41) is 5.71. The van der Waals surface area contributed by atoms with Gasteiger partial charge in [0.1, 0.15) is 4.83 Å². The van der Waals surface area contributed by atoms with Crippen LogP contribution in [-0.4, -0.2) is 39.7 Å². The summed E-state index contributed by atoms with van der Waals surface area (Å²) in [4.78, 5) is 16.9. The smallest absolute Gasteiger partial charge is 0.264 e. The molecule has 2 N–H and O–H groups in total. The number of piperidine rings is 1. The molecule has 1 aliphatic heterocycles. The van der Waals surface area contributed by atoms with Gasteiger partial charge in [-0.1, -0.05) is 25.1 Å². The fourth-order valence-corrected chi connectivity index (χ4v) is 4.92. The molecule has 1 saturated heterocycles. The highest BCUT2D eigenvalue weighted by Gasteiger charge is 2.31. The summed E-state index contributed by atoms with van der Waals surface area (Å²) in [5.41, 5.74) is 7.90. The van der Waals surface area contributed by atoms with Crippen molar-refractivity contribution < 1.29 is 4.79 Å². The normalized spacial score (nSPS) is 19.9. The fourth-order valence-electron chi connectivity index (χ4n) is 3.78. The van der Waals surface area contributed by atoms with Crippen molar-refractivity contribution in [2.75, 3.05) is 13.1 Å². The van der Waals surface area contributed by atoms with Crippen molar-refractivity contribution >= 4 is 39.9 Å². The average Bonchev–Trinajstić information content (AvgIpc) is 3.22. The second kappa shape index (κ2) is 8.00. The first-order chi connectivity index (χ1) is 12.6. The van der Waals surface area contributed by atoms with Crippen molar-refractivity contribution in [3.8, 4) is 5.69 Å². The van der Waals surface area contributed by atoms with Crippen LogP contribution in [0, 0.1) is 12.8 Å². The van der Waals surface area contributed by atoms with E-state index in [0.717, 1.165) is 45.9 Å². The van der Waals surface area contributed by atoms with Gasteiger partial charge in [0.25, 0.3) is 5.91 Å². The van der Waals surface area contributed by atoms with Crippen LogP contribution in [0.15, 0.2) is 36.4 Å². The lowest BCUT2D eigenvalue weighted by atomic mass is 9.92. The molecule has 0 bridgehead atoms. The van der Waals surface area contributed by atoms with Crippen molar-refractivity contribution in [1.82, 2.24) is 14.7 Å². The lowest BCUT2D eigenvalue weighted by Crippen LogP contribution is -2.49. The molecule has 144 valence electrons. The zero-order valence-corrected chi connectivity index (χ0v) is 17.2. The third-order valence-electron chi connectivity index (χ3n) is 5.27. The number of aromatic nitrogens is 2. The monoisotopic (exact) mass is 404 g/mol. The minimum Gasteiger partial charge on any atom is -0.334 e. The molecule has 3 heterocycles. The Balaban J connectivity index is 0.00000210. The molecule has 1 amide bonds. The molecule has 0 spiro atoms. The molecule has 0 radical (unpaired) electrons. The molecule has 1 aromatic carbocycles. The zero-order chi connectivity index (χ0) is 18.3. The molecule has 2 unspecified atom stereocenters. The number of hydrogen-bond donors (Lipinski definition) is 1. The van der Waals surface area contributed by atoms with Gasteiger partial charge in [0.15, 0.2) is 0 Å². The number of likely N-dealkylation sites (tertiary alicyclic amines) is 1. The summed E-state index contributed by atoms with van der Waals surface area (Å²) in [6.45, 7) is 5.55. The van der Waals surface area contributed by atoms with E-state index in [-0.39, 0.29) is 24.4 Å². The number of amides is 1. The van der Waals surface area contributed by atoms with Gasteiger partial charge in [-0.25, -0.2) is 4.68 Å². The number of thiophene rings is 1. The van der Waals surface area contributed by atoms with Crippen LogP contribution >= 0.6 is 23.7 Å². The van der Waals surface area contributed by atoms with Gasteiger partial charge in [-0.15, -0.1) is 23.7 Å². The highest BCUT2D eigenvalue weighted by Crippen LogP contribution is 2.32. The van der Waals surface area contributed by atoms with Gasteiger partial charge in [0.2, 0.25) is 0 Å². The molecule has 27 heavy (non-hydrogen) atoms. The molecular weight excluding hydrogens is 380 g/mol. The molecular formula is C20H25ClN4OS. The van der Waals surface area contributed by atoms with E-state index < -0.39 is 0 Å². The topological polar surface area (TPSA) is 64.2 Å². The van der Waals surface area contributed by atoms with E-state index in [2.05, 4.69) is 12.0 Å². The molecule has 0 aliphatic carbocycles. The van der Waals surface area contributed by atoms with Crippen molar-refractivity contribution in [2.24, 2.45) is 11.7 Å². The van der Waals surface area contributed by atoms with E-state index in [4.69, 9.17) is 5.73 Å². The number of fused-ring (bicyclic) bond motifs is 1. The number of carbonyl (C=O) groups is 1. The maximum Gasteiger partial charge on any atom is 0.264 e. The maximum atomic E-state index is 13.2. The van der Waals surface area contributed by atoms with Crippen molar-refractivity contribution in [1.29, 1.82) is 0 Å². The maximum absolute atomic E-state index is 13.2. The molecule has 4 rings (SSSR count). The SMILES string of the molecule is Cc1nn(-c2ccccc2)c2sc(C(=O)N3CCC(C)CC3CN)cc12.Cl. The summed E-state index contributed by atoms with van der Waals surface area (Å²) >= 11 is 1.52. The number of hydrogen-bond acceptors (Lipinski definition) is 4. The van der Waals surface area contributed by atoms with Crippen molar-refractivity contribution in [2.45, 2.75) is 32.7 Å². The van der Waals surface area contributed by atoms with Crippen LogP contribution in [0.1, 0.15) is 35.1 Å². The lowest BCUT2D eigenvalue weighted by Gasteiger charge is -2.37. The molecule has 7 heteroatoms. The van der Waals surface area contributed by atoms with E-state index in [0.29, 0.717) is 12.5 Å². The second-order valence-corrected chi connectivity index (χ2v) is 8.21. The number of nitrogens with zero attached hydrogens (tertiary/aromatic N) is 3. The van der Waals surface area contributed by atoms with Gasteiger partial charge in [-0.2, -0.15) is 5.10 Å². The highest BCUT2D eigenvalue weighted by atomic mass is 35.5. The molecule has 5 nitrogen and oxygen atoms in total. The van der Waals surface area contributed by atoms with E-state index in [9.17, 15) is 4.79 Å². The molecule has 2 aromatic heterocycles. The van der Waals surface area contributed by atoms with Crippen LogP contribution in [0.5, 0.6) is 0 Å². The number of aryl methyl sites for hydroxylation is 1. The van der Waals surface area contributed by atoms with Crippen LogP contribution in [0.2, 0.25) is 0 Å². The first-order valence-electron chi connectivity index (χ1n) is 9.14. The minimum atomic E-state index is 0. The first-order valence-corrected chi connectivity index (χ1v) is 9.95. The van der Waals surface area contributed by atoms with Gasteiger partial charge >= 0.3 is 0 Å². The summed E-state index contributed by atoms with van der Waals surface area (Å²) < 4.78 is 1.94. The fraction of sp³-hybridized carbons (Fsp3) is 0.400. The lowest BCUT2D eigenvalue weighted by molar-refractivity contribution is 0.0578. The predicted molar refractivity (Wildman–Crippen MR) is 113 cm³/mol. The Morgan fingerprint density at radius 1 is 1.33 bits per heavy atom. The Bertz CT molecular complexity index is 936. The Morgan fingerprint density at radius 2 is 2.07 bits per heavy atom. The molecule has 0 saturated carbocycles. The summed E-state index contributed by atoms with van der Waals surface area (Å²) in [6, 6.07) is 12.2. The van der Waals surface area contributed by atoms with Gasteiger partial charge in [-0.3, -0.25) is 4.79 Å². The van der Waals surface area contributed by atoms with Crippen LogP contribution in [0.3, 0.4) is 0 Å². The van der Waals surface area contributed by atoms with Gasteiger partial charge in [0.05, 0.1) is 16.3 Å². The average molecular weight is 405 g/mol. The zero-order valence-electron chi connectivity index (χ0n) is 15.6. The van der Waals surface area contributed by atoms with Crippen LogP contribution < -0.4 is 5.73 Å². The standard InChI is InChI=1S/C20H24N4OS.ClH/c1-13-8-9-23(16(10-13)12-21)19(25)18-11-17-14(2)22-24(20(17)26-18)15-6-4-3-5-7-15;/h3-7,11,13,16H,8-10,12,21H2,1-2H3;1H. The van der Waals surface area contributed by atoms with E-state index in [1.54, 1.807) is 0 Å². The summed E-state index contributed by atoms with van der Waals surface area (Å²) in [6.07, 6.45) is 2.04. The number of nitrogens with two attached hydrogens (primary N) is 1. The van der Waals surface area contributed by atoms with E-state index in [1.165, 1.54) is 11.3 Å². The van der Waals surface area contributed by atoms with Crippen molar-refractivity contribution in [3.63, 3.8) is 0 Å². The predicted octanol–water partition coefficient (Wildman–Crippen LogP) is 4.02. The van der Waals surface area contributed by atoms with Crippen LogP contribution in [-0.2, 0) is 0 Å². The number of benzene rings is 1. The Labute approximate surface area is 169 Å². The Hall–Kier alpha value is -1.89. The molecule has 3 aromatic rings. The third-order valence-corrected chi connectivity index (χ3v) is 6.37. The number of carbonyl (C=O) groups excluding carboxylic acids is 1. The minimum absolute atomic E-state index is 0. The molecule has 1 aliphatic rings. The Kier molecular flexibility index (Phi) is 5.89. The molecule has 1 fully saturated rings. The van der Waals surface area contributed by atoms with E-state index >= 15 is 0 Å². The van der Waals surface area contributed by atoms with Gasteiger partial charge < -0.3 is 10.6 Å². The van der Waals surface area contributed by atoms with Gasteiger partial charge in [-0.05, 0) is 43.9 Å². The van der Waals surface area contributed by atoms with Crippen LogP contribution in [0.25, 0.3) is 15.9 Å². The second-order valence-electron chi connectivity index (χ2n) is 7.18. The van der Waals surface area contributed by atoms with E-state index in [1.807, 2.05) is 52.9 Å². The number of rotatable bonds is 3. The largest absolute Gasteiger partial charge is 0.334 e. The highest BCUT2D eigenvalue weighted by molar-refractivity contribution is 7.20.